The minimum absolute atomic E-state index is 0.0483. The largest absolute Gasteiger partial charge is 0.508 e. The number of allylic oxidation sites excluding steroid dienone is 13. The van der Waals surface area contributed by atoms with Gasteiger partial charge in [-0.1, -0.05) is 76.0 Å². The van der Waals surface area contributed by atoms with E-state index in [0.717, 1.165) is 64.2 Å². The van der Waals surface area contributed by atoms with Gasteiger partial charge in [-0.15, -0.1) is 0 Å². The van der Waals surface area contributed by atoms with Crippen LogP contribution in [0.5, 0.6) is 11.5 Å². The summed E-state index contributed by atoms with van der Waals surface area (Å²) in [4.78, 5) is 11.7. The topological polar surface area (TPSA) is 77.8 Å². The summed E-state index contributed by atoms with van der Waals surface area (Å²) in [5.74, 6) is -0.852. The molecular formula is C41H60O4. The Morgan fingerprint density at radius 3 is 1.31 bits per heavy atom. The number of carboxylic acid groups (broad SMARTS) is 1. The molecule has 1 aromatic rings. The normalized spacial score (nSPS) is 13.8. The molecule has 0 atom stereocenters. The Bertz CT molecular complexity index is 1280. The molecule has 0 spiro atoms. The van der Waals surface area contributed by atoms with Crippen molar-refractivity contribution in [3.8, 4) is 11.5 Å². The molecule has 4 heteroatoms. The van der Waals surface area contributed by atoms with Gasteiger partial charge in [-0.2, -0.15) is 0 Å². The molecule has 0 aliphatic carbocycles. The number of hydrogen-bond donors (Lipinski definition) is 3. The van der Waals surface area contributed by atoms with Crippen LogP contribution in [0.2, 0.25) is 0 Å². The third kappa shape index (κ3) is 20.2. The van der Waals surface area contributed by atoms with Crippen LogP contribution in [-0.2, 0) is 11.2 Å². The molecule has 0 heterocycles. The lowest BCUT2D eigenvalue weighted by Crippen LogP contribution is -2.01. The lowest BCUT2D eigenvalue weighted by molar-refractivity contribution is -0.132. The molecule has 45 heavy (non-hydrogen) atoms. The third-order valence-corrected chi connectivity index (χ3v) is 8.03. The molecule has 1 rings (SSSR count). The van der Waals surface area contributed by atoms with Crippen LogP contribution in [0.4, 0.5) is 0 Å². The average Bonchev–Trinajstić information content (AvgIpc) is 2.96. The summed E-state index contributed by atoms with van der Waals surface area (Å²) in [5.41, 5.74) is 9.36. The fraction of sp³-hybridized carbons (Fsp3) is 0.488. The number of phenols is 2. The molecule has 0 aliphatic heterocycles. The van der Waals surface area contributed by atoms with Crippen molar-refractivity contribution in [1.82, 2.24) is 0 Å². The van der Waals surface area contributed by atoms with Crippen LogP contribution in [0.3, 0.4) is 0 Å². The summed E-state index contributed by atoms with van der Waals surface area (Å²) < 4.78 is 0. The Morgan fingerprint density at radius 2 is 0.933 bits per heavy atom. The molecule has 0 amide bonds. The van der Waals surface area contributed by atoms with Gasteiger partial charge < -0.3 is 15.3 Å². The van der Waals surface area contributed by atoms with Gasteiger partial charge in [0.15, 0.2) is 0 Å². The maximum Gasteiger partial charge on any atom is 0.331 e. The molecule has 0 aromatic heterocycles. The Morgan fingerprint density at radius 1 is 0.556 bits per heavy atom. The lowest BCUT2D eigenvalue weighted by Gasteiger charge is -2.05. The SMILES string of the molecule is CC(C)=CCCC(C)=CCCC(C)=CCCC(C)=CCCC(C)=CCCC(C)=CCCC(=CCc1cc(O)ccc1O)C(=O)O. The zero-order valence-electron chi connectivity index (χ0n) is 29.2. The molecule has 0 unspecified atom stereocenters. The van der Waals surface area contributed by atoms with Crippen molar-refractivity contribution in [3.63, 3.8) is 0 Å². The maximum atomic E-state index is 11.7. The monoisotopic (exact) mass is 616 g/mol. The molecule has 0 saturated carbocycles. The zero-order chi connectivity index (χ0) is 33.6. The number of benzene rings is 1. The first kappa shape index (κ1) is 39.5. The molecule has 0 saturated heterocycles. The van der Waals surface area contributed by atoms with Crippen molar-refractivity contribution < 1.29 is 20.1 Å². The predicted molar refractivity (Wildman–Crippen MR) is 193 cm³/mol. The van der Waals surface area contributed by atoms with Crippen molar-refractivity contribution in [2.45, 2.75) is 132 Å². The number of rotatable bonds is 21. The van der Waals surface area contributed by atoms with E-state index in [1.807, 2.05) is 0 Å². The van der Waals surface area contributed by atoms with Gasteiger partial charge in [0.05, 0.1) is 0 Å². The van der Waals surface area contributed by atoms with E-state index in [0.29, 0.717) is 24.0 Å². The van der Waals surface area contributed by atoms with E-state index in [4.69, 9.17) is 0 Å². The summed E-state index contributed by atoms with van der Waals surface area (Å²) >= 11 is 0. The average molecular weight is 617 g/mol. The van der Waals surface area contributed by atoms with Gasteiger partial charge >= 0.3 is 5.97 Å². The first-order valence-corrected chi connectivity index (χ1v) is 16.7. The van der Waals surface area contributed by atoms with Crippen LogP contribution in [0.15, 0.2) is 99.7 Å². The van der Waals surface area contributed by atoms with Crippen LogP contribution < -0.4 is 0 Å². The highest BCUT2D eigenvalue weighted by Crippen LogP contribution is 2.24. The van der Waals surface area contributed by atoms with Gasteiger partial charge in [0, 0.05) is 11.1 Å². The van der Waals surface area contributed by atoms with E-state index < -0.39 is 5.97 Å². The Labute approximate surface area is 274 Å². The smallest absolute Gasteiger partial charge is 0.331 e. The first-order valence-electron chi connectivity index (χ1n) is 16.7. The van der Waals surface area contributed by atoms with Gasteiger partial charge in [0.2, 0.25) is 0 Å². The molecule has 0 bridgehead atoms. The quantitative estimate of drug-likeness (QED) is 0.0729. The number of aromatic hydroxyl groups is 2. The number of hydrogen-bond acceptors (Lipinski definition) is 3. The Kier molecular flexibility index (Phi) is 20.1. The summed E-state index contributed by atoms with van der Waals surface area (Å²) in [5, 5.41) is 29.1. The van der Waals surface area contributed by atoms with Crippen LogP contribution in [0.25, 0.3) is 0 Å². The van der Waals surface area contributed by atoms with Gasteiger partial charge in [0.1, 0.15) is 11.5 Å². The van der Waals surface area contributed by atoms with E-state index in [1.165, 1.54) is 51.6 Å². The highest BCUT2D eigenvalue weighted by Gasteiger charge is 2.08. The van der Waals surface area contributed by atoms with E-state index in [9.17, 15) is 20.1 Å². The van der Waals surface area contributed by atoms with Gasteiger partial charge in [0.25, 0.3) is 0 Å². The first-order chi connectivity index (χ1) is 21.4. The molecular weight excluding hydrogens is 556 g/mol. The number of carbonyl (C=O) groups is 1. The molecule has 0 radical (unpaired) electrons. The van der Waals surface area contributed by atoms with Crippen molar-refractivity contribution >= 4 is 5.97 Å². The van der Waals surface area contributed by atoms with E-state index >= 15 is 0 Å². The maximum absolute atomic E-state index is 11.7. The fourth-order valence-corrected chi connectivity index (χ4v) is 5.02. The summed E-state index contributed by atoms with van der Waals surface area (Å²) in [6.07, 6.45) is 27.9. The second-order valence-electron chi connectivity index (χ2n) is 12.8. The summed E-state index contributed by atoms with van der Waals surface area (Å²) in [6, 6.07) is 4.27. The number of aliphatic carboxylic acids is 1. The van der Waals surface area contributed by atoms with Crippen LogP contribution in [0.1, 0.15) is 131 Å². The highest BCUT2D eigenvalue weighted by molar-refractivity contribution is 5.86. The standard InChI is InChI=1S/C41H60O4/c1-31(2)14-8-15-32(3)16-9-17-33(4)18-10-19-34(5)20-11-21-35(6)22-12-23-36(7)24-13-25-37(41(44)45)26-27-38-30-39(42)28-29-40(38)43/h14,16,18,20,22,24,26,28-30,42-43H,8-13,15,17,19,21,23,25,27H2,1-7H3,(H,44,45). The highest BCUT2D eigenvalue weighted by atomic mass is 16.4. The molecule has 0 fully saturated rings. The molecule has 0 aliphatic rings. The minimum Gasteiger partial charge on any atom is -0.508 e. The van der Waals surface area contributed by atoms with Crippen molar-refractivity contribution in [2.75, 3.05) is 0 Å². The van der Waals surface area contributed by atoms with Crippen LogP contribution >= 0.6 is 0 Å². The van der Waals surface area contributed by atoms with Gasteiger partial charge in [-0.05, 0) is 150 Å². The number of carboxylic acids is 1. The van der Waals surface area contributed by atoms with E-state index in [1.54, 1.807) is 6.08 Å². The summed E-state index contributed by atoms with van der Waals surface area (Å²) in [7, 11) is 0. The van der Waals surface area contributed by atoms with E-state index in [2.05, 4.69) is 84.9 Å². The number of phenolic OH excluding ortho intramolecular Hbond substituents is 2. The van der Waals surface area contributed by atoms with Crippen molar-refractivity contribution in [3.05, 3.63) is 105 Å². The fourth-order valence-electron chi connectivity index (χ4n) is 5.02. The van der Waals surface area contributed by atoms with E-state index in [-0.39, 0.29) is 17.9 Å². The lowest BCUT2D eigenvalue weighted by atomic mass is 10.0. The Hall–Kier alpha value is -3.53. The van der Waals surface area contributed by atoms with Crippen LogP contribution in [-0.4, -0.2) is 21.3 Å². The molecule has 248 valence electrons. The van der Waals surface area contributed by atoms with Gasteiger partial charge in [-0.25, -0.2) is 4.79 Å². The van der Waals surface area contributed by atoms with Gasteiger partial charge in [-0.3, -0.25) is 0 Å². The zero-order valence-corrected chi connectivity index (χ0v) is 29.2. The summed E-state index contributed by atoms with van der Waals surface area (Å²) in [6.45, 7) is 15.4. The molecule has 3 N–H and O–H groups in total. The van der Waals surface area contributed by atoms with Crippen molar-refractivity contribution in [2.24, 2.45) is 0 Å². The predicted octanol–water partition coefficient (Wildman–Crippen LogP) is 12.0. The Balaban J connectivity index is 2.35. The second-order valence-corrected chi connectivity index (χ2v) is 12.8. The van der Waals surface area contributed by atoms with Crippen molar-refractivity contribution in [1.29, 1.82) is 0 Å². The third-order valence-electron chi connectivity index (χ3n) is 8.03. The minimum atomic E-state index is -0.949. The second kappa shape index (κ2) is 22.9. The molecule has 1 aromatic carbocycles. The van der Waals surface area contributed by atoms with Crippen LogP contribution in [0, 0.1) is 0 Å². The molecule has 4 nitrogen and oxygen atoms in total.